The predicted molar refractivity (Wildman–Crippen MR) is 86.0 cm³/mol. The molecule has 0 spiro atoms. The maximum atomic E-state index is 12.7. The first kappa shape index (κ1) is 15.7. The third-order valence-corrected chi connectivity index (χ3v) is 7.45. The Morgan fingerprint density at radius 3 is 2.86 bits per heavy atom. The fourth-order valence-electron chi connectivity index (χ4n) is 2.61. The van der Waals surface area contributed by atoms with Crippen LogP contribution >= 0.6 is 22.9 Å². The molecule has 1 saturated heterocycles. The molecule has 1 aliphatic heterocycles. The van der Waals surface area contributed by atoms with Crippen LogP contribution in [-0.2, 0) is 14.8 Å². The smallest absolute Gasteiger partial charge is 0.307 e. The van der Waals surface area contributed by atoms with Gasteiger partial charge in [0, 0.05) is 22.8 Å². The van der Waals surface area contributed by atoms with Gasteiger partial charge in [-0.1, -0.05) is 11.6 Å². The highest BCUT2D eigenvalue weighted by Gasteiger charge is 2.34. The Labute approximate surface area is 137 Å². The second kappa shape index (κ2) is 5.81. The second-order valence-electron chi connectivity index (χ2n) is 5.29. The summed E-state index contributed by atoms with van der Waals surface area (Å²) in [6.45, 7) is 0.397. The number of carboxylic acids is 1. The molecule has 1 fully saturated rings. The molecule has 0 saturated carbocycles. The Morgan fingerprint density at radius 2 is 2.14 bits per heavy atom. The summed E-state index contributed by atoms with van der Waals surface area (Å²) in [5, 5.41) is 10.4. The van der Waals surface area contributed by atoms with Gasteiger partial charge in [0.1, 0.15) is 4.21 Å². The molecule has 8 heteroatoms. The molecule has 0 aliphatic carbocycles. The largest absolute Gasteiger partial charge is 0.481 e. The number of carbonyl (C=O) groups is 1. The number of nitrogens with zero attached hydrogens (tertiary/aromatic N) is 1. The van der Waals surface area contributed by atoms with E-state index in [2.05, 4.69) is 0 Å². The van der Waals surface area contributed by atoms with Crippen molar-refractivity contribution in [2.45, 2.75) is 17.1 Å². The van der Waals surface area contributed by atoms with E-state index in [1.54, 1.807) is 24.3 Å². The summed E-state index contributed by atoms with van der Waals surface area (Å²) < 4.78 is 27.8. The number of hydrogen-bond acceptors (Lipinski definition) is 4. The number of thiophene rings is 1. The van der Waals surface area contributed by atoms with Crippen molar-refractivity contribution in [2.75, 3.05) is 13.1 Å². The van der Waals surface area contributed by atoms with Crippen LogP contribution in [-0.4, -0.2) is 36.9 Å². The van der Waals surface area contributed by atoms with Crippen LogP contribution in [0, 0.1) is 5.92 Å². The number of aliphatic carboxylic acids is 1. The number of hydrogen-bond donors (Lipinski definition) is 1. The van der Waals surface area contributed by atoms with Gasteiger partial charge >= 0.3 is 5.97 Å². The number of rotatable bonds is 3. The van der Waals surface area contributed by atoms with E-state index >= 15 is 0 Å². The van der Waals surface area contributed by atoms with Crippen LogP contribution in [0.4, 0.5) is 0 Å². The van der Waals surface area contributed by atoms with Crippen molar-refractivity contribution in [1.29, 1.82) is 0 Å². The van der Waals surface area contributed by atoms with Crippen LogP contribution in [0.5, 0.6) is 0 Å². The first-order valence-electron chi connectivity index (χ1n) is 6.80. The SMILES string of the molecule is O=C(O)C1CCCN(S(=O)(=O)c2cc3cc(Cl)ccc3s2)C1. The van der Waals surface area contributed by atoms with E-state index in [1.165, 1.54) is 15.6 Å². The number of piperidine rings is 1. The van der Waals surface area contributed by atoms with Crippen molar-refractivity contribution in [3.8, 4) is 0 Å². The lowest BCUT2D eigenvalue weighted by molar-refractivity contribution is -0.142. The summed E-state index contributed by atoms with van der Waals surface area (Å²) in [7, 11) is -3.66. The minimum atomic E-state index is -3.66. The molecule has 0 radical (unpaired) electrons. The van der Waals surface area contributed by atoms with Gasteiger partial charge in [-0.15, -0.1) is 11.3 Å². The number of halogens is 1. The van der Waals surface area contributed by atoms with Crippen LogP contribution in [0.15, 0.2) is 28.5 Å². The van der Waals surface area contributed by atoms with Gasteiger partial charge in [-0.2, -0.15) is 4.31 Å². The summed E-state index contributed by atoms with van der Waals surface area (Å²) in [6, 6.07) is 6.84. The number of sulfonamides is 1. The standard InChI is InChI=1S/C14H14ClNO4S2/c15-11-3-4-12-10(6-11)7-13(21-12)22(19,20)16-5-1-2-9(8-16)14(17)18/h3-4,6-7,9H,1-2,5,8H2,(H,17,18). The first-order valence-corrected chi connectivity index (χ1v) is 9.43. The van der Waals surface area contributed by atoms with E-state index in [4.69, 9.17) is 16.7 Å². The second-order valence-corrected chi connectivity index (χ2v) is 8.97. The van der Waals surface area contributed by atoms with Gasteiger partial charge in [0.15, 0.2) is 0 Å². The third kappa shape index (κ3) is 2.86. The lowest BCUT2D eigenvalue weighted by Crippen LogP contribution is -2.41. The topological polar surface area (TPSA) is 74.7 Å². The maximum absolute atomic E-state index is 12.7. The molecule has 1 aromatic heterocycles. The summed E-state index contributed by atoms with van der Waals surface area (Å²) in [4.78, 5) is 11.1. The molecule has 22 heavy (non-hydrogen) atoms. The van der Waals surface area contributed by atoms with Crippen LogP contribution in [0.2, 0.25) is 5.02 Å². The summed E-state index contributed by atoms with van der Waals surface area (Å²) >= 11 is 7.10. The fourth-order valence-corrected chi connectivity index (χ4v) is 5.84. The quantitative estimate of drug-likeness (QED) is 0.914. The summed E-state index contributed by atoms with van der Waals surface area (Å²) in [5.41, 5.74) is 0. The average molecular weight is 360 g/mol. The molecular formula is C14H14ClNO4S2. The summed E-state index contributed by atoms with van der Waals surface area (Å²) in [6.07, 6.45) is 1.08. The minimum absolute atomic E-state index is 0.0344. The van der Waals surface area contributed by atoms with Crippen molar-refractivity contribution in [1.82, 2.24) is 4.31 Å². The number of benzene rings is 1. The molecule has 3 rings (SSSR count). The molecule has 0 bridgehead atoms. The van der Waals surface area contributed by atoms with Crippen LogP contribution in [0.25, 0.3) is 10.1 Å². The van der Waals surface area contributed by atoms with E-state index in [0.29, 0.717) is 24.4 Å². The van der Waals surface area contributed by atoms with Crippen molar-refractivity contribution in [2.24, 2.45) is 5.92 Å². The maximum Gasteiger partial charge on any atom is 0.307 e. The van der Waals surface area contributed by atoms with Crippen molar-refractivity contribution in [3.63, 3.8) is 0 Å². The lowest BCUT2D eigenvalue weighted by Gasteiger charge is -2.29. The molecule has 0 amide bonds. The molecule has 1 atom stereocenters. The van der Waals surface area contributed by atoms with Gasteiger partial charge < -0.3 is 5.11 Å². The lowest BCUT2D eigenvalue weighted by atomic mass is 10.0. The van der Waals surface area contributed by atoms with Crippen LogP contribution in [0.3, 0.4) is 0 Å². The van der Waals surface area contributed by atoms with Gasteiger partial charge in [0.2, 0.25) is 0 Å². The molecule has 2 heterocycles. The van der Waals surface area contributed by atoms with Crippen molar-refractivity contribution in [3.05, 3.63) is 29.3 Å². The third-order valence-electron chi connectivity index (χ3n) is 3.78. The van der Waals surface area contributed by atoms with E-state index in [0.717, 1.165) is 10.1 Å². The van der Waals surface area contributed by atoms with Gasteiger partial charge in [-0.25, -0.2) is 8.42 Å². The monoisotopic (exact) mass is 359 g/mol. The zero-order chi connectivity index (χ0) is 15.9. The van der Waals surface area contributed by atoms with E-state index in [1.807, 2.05) is 0 Å². The van der Waals surface area contributed by atoms with Crippen molar-refractivity contribution >= 4 is 49.0 Å². The summed E-state index contributed by atoms with van der Waals surface area (Å²) in [5.74, 6) is -1.57. The molecule has 118 valence electrons. The zero-order valence-electron chi connectivity index (χ0n) is 11.5. The van der Waals surface area contributed by atoms with E-state index in [-0.39, 0.29) is 10.8 Å². The zero-order valence-corrected chi connectivity index (χ0v) is 13.9. The van der Waals surface area contributed by atoms with Crippen molar-refractivity contribution < 1.29 is 18.3 Å². The fraction of sp³-hybridized carbons (Fsp3) is 0.357. The Kier molecular flexibility index (Phi) is 4.15. The van der Waals surface area contributed by atoms with Gasteiger partial charge in [0.25, 0.3) is 10.0 Å². The molecule has 1 N–H and O–H groups in total. The van der Waals surface area contributed by atoms with Gasteiger partial charge in [0.05, 0.1) is 5.92 Å². The van der Waals surface area contributed by atoms with Crippen LogP contribution in [0.1, 0.15) is 12.8 Å². The van der Waals surface area contributed by atoms with E-state index in [9.17, 15) is 13.2 Å². The van der Waals surface area contributed by atoms with Crippen LogP contribution < -0.4 is 0 Å². The normalized spacial score (nSPS) is 20.3. The molecular weight excluding hydrogens is 346 g/mol. The first-order chi connectivity index (χ1) is 10.4. The molecule has 5 nitrogen and oxygen atoms in total. The highest BCUT2D eigenvalue weighted by Crippen LogP contribution is 2.34. The Morgan fingerprint density at radius 1 is 1.36 bits per heavy atom. The van der Waals surface area contributed by atoms with E-state index < -0.39 is 21.9 Å². The molecule has 1 unspecified atom stereocenters. The Hall–Kier alpha value is -1.15. The Balaban J connectivity index is 1.95. The molecule has 1 aromatic carbocycles. The van der Waals surface area contributed by atoms with Gasteiger partial charge in [-0.3, -0.25) is 4.79 Å². The minimum Gasteiger partial charge on any atom is -0.481 e. The highest BCUT2D eigenvalue weighted by molar-refractivity contribution is 7.91. The molecule has 1 aliphatic rings. The van der Waals surface area contributed by atoms with Gasteiger partial charge in [-0.05, 0) is 42.5 Å². The number of carboxylic acid groups (broad SMARTS) is 1. The average Bonchev–Trinajstić information content (AvgIpc) is 2.91. The Bertz CT molecular complexity index is 830. The molecule has 2 aromatic rings. The highest BCUT2D eigenvalue weighted by atomic mass is 35.5. The number of fused-ring (bicyclic) bond motifs is 1. The predicted octanol–water partition coefficient (Wildman–Crippen LogP) is 3.04.